The van der Waals surface area contributed by atoms with Crippen LogP contribution in [0.1, 0.15) is 31.0 Å². The molecule has 2 atom stereocenters. The Morgan fingerprint density at radius 2 is 1.48 bits per heavy atom. The molecule has 1 aliphatic rings. The zero-order chi connectivity index (χ0) is 24.4. The van der Waals surface area contributed by atoms with Gasteiger partial charge in [-0.1, -0.05) is 12.1 Å². The third-order valence-electron chi connectivity index (χ3n) is 5.75. The van der Waals surface area contributed by atoms with E-state index in [4.69, 9.17) is 0 Å². The van der Waals surface area contributed by atoms with Crippen molar-refractivity contribution in [1.82, 2.24) is 14.5 Å². The topological polar surface area (TPSA) is 69.7 Å². The SMILES string of the molecule is CC(NC(=O)C(C)N1CCN(S(=O)(=O)c2ccc(C(F)(F)F)cc2)CC1)c1ccc(F)cc1. The first-order valence-electron chi connectivity index (χ1n) is 10.4. The molecule has 0 aromatic heterocycles. The summed E-state index contributed by atoms with van der Waals surface area (Å²) in [5.41, 5.74) is -0.162. The lowest BCUT2D eigenvalue weighted by molar-refractivity contribution is -0.137. The van der Waals surface area contributed by atoms with Crippen molar-refractivity contribution in [3.05, 3.63) is 65.5 Å². The first kappa shape index (κ1) is 25.1. The second kappa shape index (κ2) is 9.78. The molecule has 1 fully saturated rings. The normalized spacial score (nSPS) is 18.0. The summed E-state index contributed by atoms with van der Waals surface area (Å²) >= 11 is 0. The molecule has 0 spiro atoms. The van der Waals surface area contributed by atoms with Gasteiger partial charge in [-0.15, -0.1) is 0 Å². The summed E-state index contributed by atoms with van der Waals surface area (Å²) in [5, 5.41) is 2.87. The fourth-order valence-corrected chi connectivity index (χ4v) is 5.05. The second-order valence-corrected chi connectivity index (χ2v) is 9.86. The Balaban J connectivity index is 1.58. The third-order valence-corrected chi connectivity index (χ3v) is 7.66. The van der Waals surface area contributed by atoms with Gasteiger partial charge in [0.05, 0.1) is 22.5 Å². The van der Waals surface area contributed by atoms with Crippen molar-refractivity contribution in [2.24, 2.45) is 0 Å². The average Bonchev–Trinajstić information content (AvgIpc) is 2.78. The van der Waals surface area contributed by atoms with Crippen molar-refractivity contribution in [3.63, 3.8) is 0 Å². The molecule has 1 heterocycles. The third kappa shape index (κ3) is 5.90. The number of piperazine rings is 1. The van der Waals surface area contributed by atoms with Crippen LogP contribution >= 0.6 is 0 Å². The number of hydrogen-bond donors (Lipinski definition) is 1. The summed E-state index contributed by atoms with van der Waals surface area (Å²) in [6, 6.07) is 8.37. The Labute approximate surface area is 190 Å². The Bertz CT molecular complexity index is 1070. The molecule has 1 N–H and O–H groups in total. The number of rotatable bonds is 6. The van der Waals surface area contributed by atoms with Gasteiger partial charge in [0, 0.05) is 26.2 Å². The minimum Gasteiger partial charge on any atom is -0.348 e. The van der Waals surface area contributed by atoms with Gasteiger partial charge < -0.3 is 5.32 Å². The highest BCUT2D eigenvalue weighted by Gasteiger charge is 2.34. The Hall–Kier alpha value is -2.50. The van der Waals surface area contributed by atoms with Gasteiger partial charge >= 0.3 is 6.18 Å². The van der Waals surface area contributed by atoms with E-state index in [0.717, 1.165) is 29.8 Å². The lowest BCUT2D eigenvalue weighted by atomic mass is 10.1. The van der Waals surface area contributed by atoms with Crippen molar-refractivity contribution >= 4 is 15.9 Å². The molecule has 1 saturated heterocycles. The van der Waals surface area contributed by atoms with E-state index in [2.05, 4.69) is 5.32 Å². The van der Waals surface area contributed by atoms with Gasteiger partial charge in [-0.05, 0) is 55.8 Å². The number of hydrogen-bond acceptors (Lipinski definition) is 4. The number of carbonyl (C=O) groups is 1. The summed E-state index contributed by atoms with van der Waals surface area (Å²) in [4.78, 5) is 14.3. The maximum Gasteiger partial charge on any atom is 0.416 e. The van der Waals surface area contributed by atoms with E-state index in [1.807, 2.05) is 4.90 Å². The molecule has 2 aromatic rings. The maximum atomic E-state index is 13.1. The molecule has 33 heavy (non-hydrogen) atoms. The van der Waals surface area contributed by atoms with E-state index in [-0.39, 0.29) is 35.8 Å². The molecule has 1 amide bonds. The summed E-state index contributed by atoms with van der Waals surface area (Å²) in [6.07, 6.45) is -4.54. The van der Waals surface area contributed by atoms with E-state index in [9.17, 15) is 30.8 Å². The van der Waals surface area contributed by atoms with Gasteiger partial charge in [0.1, 0.15) is 5.82 Å². The van der Waals surface area contributed by atoms with E-state index < -0.39 is 27.8 Å². The Kier molecular flexibility index (Phi) is 7.45. The minimum absolute atomic E-state index is 0.106. The van der Waals surface area contributed by atoms with E-state index in [1.54, 1.807) is 26.0 Å². The molecule has 0 aliphatic carbocycles. The quantitative estimate of drug-likeness (QED) is 0.634. The fourth-order valence-electron chi connectivity index (χ4n) is 3.63. The van der Waals surface area contributed by atoms with Crippen LogP contribution in [0, 0.1) is 5.82 Å². The number of carbonyl (C=O) groups excluding carboxylic acids is 1. The molecular weight excluding hydrogens is 462 g/mol. The zero-order valence-corrected chi connectivity index (χ0v) is 19.0. The van der Waals surface area contributed by atoms with Gasteiger partial charge in [0.15, 0.2) is 0 Å². The predicted molar refractivity (Wildman–Crippen MR) is 114 cm³/mol. The van der Waals surface area contributed by atoms with Crippen molar-refractivity contribution in [1.29, 1.82) is 0 Å². The highest BCUT2D eigenvalue weighted by Crippen LogP contribution is 2.30. The smallest absolute Gasteiger partial charge is 0.348 e. The monoisotopic (exact) mass is 487 g/mol. The van der Waals surface area contributed by atoms with E-state index in [1.165, 1.54) is 16.4 Å². The molecule has 2 unspecified atom stereocenters. The van der Waals surface area contributed by atoms with Crippen LogP contribution in [0.2, 0.25) is 0 Å². The van der Waals surface area contributed by atoms with Crippen LogP contribution in [0.15, 0.2) is 53.4 Å². The number of nitrogens with zero attached hydrogens (tertiary/aromatic N) is 2. The van der Waals surface area contributed by atoms with Crippen molar-refractivity contribution in [2.45, 2.75) is 37.0 Å². The molecule has 11 heteroatoms. The van der Waals surface area contributed by atoms with Crippen molar-refractivity contribution in [3.8, 4) is 0 Å². The van der Waals surface area contributed by atoms with Gasteiger partial charge in [-0.2, -0.15) is 17.5 Å². The summed E-state index contributed by atoms with van der Waals surface area (Å²) in [7, 11) is -3.94. The first-order chi connectivity index (χ1) is 15.4. The van der Waals surface area contributed by atoms with Crippen LogP contribution in [0.5, 0.6) is 0 Å². The number of nitrogens with one attached hydrogen (secondary N) is 1. The van der Waals surface area contributed by atoms with Crippen molar-refractivity contribution in [2.75, 3.05) is 26.2 Å². The summed E-state index contributed by atoms with van der Waals surface area (Å²) in [5.74, 6) is -0.611. The molecule has 0 saturated carbocycles. The highest BCUT2D eigenvalue weighted by molar-refractivity contribution is 7.89. The number of sulfonamides is 1. The van der Waals surface area contributed by atoms with Crippen LogP contribution in [0.3, 0.4) is 0 Å². The largest absolute Gasteiger partial charge is 0.416 e. The van der Waals surface area contributed by atoms with Crippen LogP contribution < -0.4 is 5.32 Å². The fraction of sp³-hybridized carbons (Fsp3) is 0.409. The maximum absolute atomic E-state index is 13.1. The second-order valence-electron chi connectivity index (χ2n) is 7.92. The molecule has 1 aliphatic heterocycles. The number of benzene rings is 2. The number of alkyl halides is 3. The molecular formula is C22H25F4N3O3S. The number of halogens is 4. The minimum atomic E-state index is -4.54. The van der Waals surface area contributed by atoms with Crippen LogP contribution in [0.25, 0.3) is 0 Å². The molecule has 6 nitrogen and oxygen atoms in total. The molecule has 3 rings (SSSR count). The van der Waals surface area contributed by atoms with Gasteiger partial charge in [0.2, 0.25) is 15.9 Å². The van der Waals surface area contributed by atoms with Crippen LogP contribution in [-0.4, -0.2) is 55.8 Å². The van der Waals surface area contributed by atoms with Crippen LogP contribution in [0.4, 0.5) is 17.6 Å². The molecule has 180 valence electrons. The standard InChI is InChI=1S/C22H25F4N3O3S/c1-15(17-3-7-19(23)8-4-17)27-21(30)16(2)28-11-13-29(14-12-28)33(31,32)20-9-5-18(6-10-20)22(24,25)26/h3-10,15-16H,11-14H2,1-2H3,(H,27,30). The Morgan fingerprint density at radius 3 is 2.00 bits per heavy atom. The van der Waals surface area contributed by atoms with E-state index in [0.29, 0.717) is 13.1 Å². The van der Waals surface area contributed by atoms with Gasteiger partial charge in [-0.3, -0.25) is 9.69 Å². The molecule has 2 aromatic carbocycles. The molecule has 0 radical (unpaired) electrons. The summed E-state index contributed by atoms with van der Waals surface area (Å²) in [6.45, 7) is 4.29. The lowest BCUT2D eigenvalue weighted by Gasteiger charge is -2.37. The van der Waals surface area contributed by atoms with Gasteiger partial charge in [0.25, 0.3) is 0 Å². The first-order valence-corrected chi connectivity index (χ1v) is 11.8. The average molecular weight is 488 g/mol. The highest BCUT2D eigenvalue weighted by atomic mass is 32.2. The lowest BCUT2D eigenvalue weighted by Crippen LogP contribution is -2.55. The van der Waals surface area contributed by atoms with Crippen LogP contribution in [-0.2, 0) is 21.0 Å². The predicted octanol–water partition coefficient (Wildman–Crippen LogP) is 3.42. The van der Waals surface area contributed by atoms with Gasteiger partial charge in [-0.25, -0.2) is 12.8 Å². The zero-order valence-electron chi connectivity index (χ0n) is 18.1. The molecule has 0 bridgehead atoms. The van der Waals surface area contributed by atoms with Crippen molar-refractivity contribution < 1.29 is 30.8 Å². The van der Waals surface area contributed by atoms with E-state index >= 15 is 0 Å². The Morgan fingerprint density at radius 1 is 0.939 bits per heavy atom. The summed E-state index contributed by atoms with van der Waals surface area (Å²) < 4.78 is 78.1. The number of amides is 1.